The second-order valence-corrected chi connectivity index (χ2v) is 9.95. The summed E-state index contributed by atoms with van der Waals surface area (Å²) in [5.74, 6) is -0.866. The van der Waals surface area contributed by atoms with E-state index in [0.29, 0.717) is 17.8 Å². The van der Waals surface area contributed by atoms with Crippen molar-refractivity contribution in [1.82, 2.24) is 14.9 Å². The SMILES string of the molecule is N=C(N)c1ccc(CNC(=O)[C@@H]2CCc3ncc(NS(=O)(=O)c4ccc(OC(F)(F)F)cc4)c(=O)n32)cc1. The number of nitrogens with zero attached hydrogens (tertiary/aromatic N) is 2. The largest absolute Gasteiger partial charge is 0.573 e. The number of hydrogen-bond acceptors (Lipinski definition) is 7. The van der Waals surface area contributed by atoms with E-state index in [4.69, 9.17) is 11.1 Å². The van der Waals surface area contributed by atoms with Crippen LogP contribution in [0.4, 0.5) is 18.9 Å². The Bertz CT molecular complexity index is 1540. The molecule has 1 amide bonds. The van der Waals surface area contributed by atoms with Crippen LogP contribution in [0.1, 0.15) is 29.4 Å². The van der Waals surface area contributed by atoms with Gasteiger partial charge in [0.15, 0.2) is 0 Å². The summed E-state index contributed by atoms with van der Waals surface area (Å²) in [7, 11) is -4.37. The van der Waals surface area contributed by atoms with Crippen LogP contribution in [-0.4, -0.2) is 36.1 Å². The third kappa shape index (κ3) is 5.94. The van der Waals surface area contributed by atoms with Crippen molar-refractivity contribution in [3.8, 4) is 5.75 Å². The third-order valence-electron chi connectivity index (χ3n) is 5.67. The number of fused-ring (bicyclic) bond motifs is 1. The Kier molecular flexibility index (Phi) is 7.13. The first-order chi connectivity index (χ1) is 17.8. The smallest absolute Gasteiger partial charge is 0.406 e. The van der Waals surface area contributed by atoms with Gasteiger partial charge in [0, 0.05) is 18.5 Å². The highest BCUT2D eigenvalue weighted by atomic mass is 32.2. The van der Waals surface area contributed by atoms with E-state index in [9.17, 15) is 31.2 Å². The standard InChI is InChI=1S/C23H21F3N6O5S/c24-23(25,26)37-15-5-7-16(8-6-15)38(35,36)31-17-12-29-19-10-9-18(32(19)22(17)34)21(33)30-11-13-1-3-14(4-2-13)20(27)28/h1-8,12,18,31H,9-11H2,(H3,27,28)(H,30,33)/t18-/m0/s1. The lowest BCUT2D eigenvalue weighted by atomic mass is 10.1. The summed E-state index contributed by atoms with van der Waals surface area (Å²) < 4.78 is 69.4. The highest BCUT2D eigenvalue weighted by Crippen LogP contribution is 2.26. The van der Waals surface area contributed by atoms with Gasteiger partial charge in [-0.15, -0.1) is 13.2 Å². The second kappa shape index (κ2) is 10.2. The number of amidine groups is 1. The Labute approximate surface area is 214 Å². The number of nitrogens with two attached hydrogens (primary N) is 1. The number of alkyl halides is 3. The van der Waals surface area contributed by atoms with Crippen LogP contribution in [-0.2, 0) is 27.8 Å². The third-order valence-corrected chi connectivity index (χ3v) is 7.05. The van der Waals surface area contributed by atoms with Crippen LogP contribution < -0.4 is 26.1 Å². The number of nitrogens with one attached hydrogen (secondary N) is 3. The van der Waals surface area contributed by atoms with Crippen molar-refractivity contribution < 1.29 is 31.1 Å². The van der Waals surface area contributed by atoms with Gasteiger partial charge in [0.2, 0.25) is 5.91 Å². The quantitative estimate of drug-likeness (QED) is 0.246. The molecular weight excluding hydrogens is 529 g/mol. The molecule has 1 aliphatic heterocycles. The molecule has 0 unspecified atom stereocenters. The molecule has 0 saturated carbocycles. The number of carbonyl (C=O) groups excluding carboxylic acids is 1. The van der Waals surface area contributed by atoms with Gasteiger partial charge in [0.25, 0.3) is 15.6 Å². The number of anilines is 1. The molecule has 0 spiro atoms. The van der Waals surface area contributed by atoms with Crippen molar-refractivity contribution in [2.75, 3.05) is 4.72 Å². The van der Waals surface area contributed by atoms with E-state index in [1.54, 1.807) is 24.3 Å². The molecule has 0 bridgehead atoms. The van der Waals surface area contributed by atoms with Crippen LogP contribution in [0.15, 0.2) is 64.4 Å². The zero-order valence-corrected chi connectivity index (χ0v) is 20.3. The number of nitrogen functional groups attached to an aromatic ring is 1. The molecule has 2 aromatic carbocycles. The van der Waals surface area contributed by atoms with E-state index in [1.165, 1.54) is 0 Å². The second-order valence-electron chi connectivity index (χ2n) is 8.27. The van der Waals surface area contributed by atoms with Gasteiger partial charge in [-0.25, -0.2) is 13.4 Å². The van der Waals surface area contributed by atoms with Crippen LogP contribution >= 0.6 is 0 Å². The lowest BCUT2D eigenvalue weighted by Gasteiger charge is -2.16. The number of aromatic nitrogens is 2. The summed E-state index contributed by atoms with van der Waals surface area (Å²) in [4.78, 5) is 29.7. The minimum absolute atomic E-state index is 0.0889. The fourth-order valence-electron chi connectivity index (χ4n) is 3.86. The van der Waals surface area contributed by atoms with Gasteiger partial charge in [-0.2, -0.15) is 0 Å². The van der Waals surface area contributed by atoms with Crippen LogP contribution in [0.3, 0.4) is 0 Å². The minimum Gasteiger partial charge on any atom is -0.406 e. The monoisotopic (exact) mass is 550 g/mol. The van der Waals surface area contributed by atoms with Crippen molar-refractivity contribution in [1.29, 1.82) is 5.41 Å². The van der Waals surface area contributed by atoms with Gasteiger partial charge < -0.3 is 15.8 Å². The first-order valence-electron chi connectivity index (χ1n) is 11.0. The Balaban J connectivity index is 1.49. The number of carbonyl (C=O) groups is 1. The van der Waals surface area contributed by atoms with E-state index in [-0.39, 0.29) is 18.8 Å². The van der Waals surface area contributed by atoms with Crippen LogP contribution in [0.5, 0.6) is 5.75 Å². The van der Waals surface area contributed by atoms with Crippen molar-refractivity contribution in [3.63, 3.8) is 0 Å². The molecule has 200 valence electrons. The molecule has 15 heteroatoms. The number of halogens is 3. The average Bonchev–Trinajstić information content (AvgIpc) is 3.29. The fraction of sp³-hybridized carbons (Fsp3) is 0.217. The molecule has 4 rings (SSSR count). The van der Waals surface area contributed by atoms with Gasteiger partial charge >= 0.3 is 6.36 Å². The van der Waals surface area contributed by atoms with Gasteiger partial charge in [0.05, 0.1) is 11.1 Å². The highest BCUT2D eigenvalue weighted by Gasteiger charge is 2.33. The maximum absolute atomic E-state index is 13.1. The Morgan fingerprint density at radius 1 is 1.16 bits per heavy atom. The van der Waals surface area contributed by atoms with Gasteiger partial charge in [-0.05, 0) is 36.2 Å². The summed E-state index contributed by atoms with van der Waals surface area (Å²) in [6.07, 6.45) is -3.32. The summed E-state index contributed by atoms with van der Waals surface area (Å²) >= 11 is 0. The zero-order valence-electron chi connectivity index (χ0n) is 19.4. The molecule has 1 aliphatic rings. The first-order valence-corrected chi connectivity index (χ1v) is 12.5. The van der Waals surface area contributed by atoms with Gasteiger partial charge in [-0.3, -0.25) is 24.3 Å². The number of benzene rings is 2. The molecule has 0 fully saturated rings. The maximum atomic E-state index is 13.1. The van der Waals surface area contributed by atoms with Gasteiger partial charge in [-0.1, -0.05) is 24.3 Å². The fourth-order valence-corrected chi connectivity index (χ4v) is 4.90. The van der Waals surface area contributed by atoms with Crippen molar-refractivity contribution in [2.24, 2.45) is 5.73 Å². The number of aryl methyl sites for hydroxylation is 1. The zero-order chi connectivity index (χ0) is 27.7. The van der Waals surface area contributed by atoms with Crippen LogP contribution in [0.25, 0.3) is 0 Å². The van der Waals surface area contributed by atoms with Crippen molar-refractivity contribution in [3.05, 3.63) is 82.0 Å². The van der Waals surface area contributed by atoms with Crippen LogP contribution in [0.2, 0.25) is 0 Å². The molecule has 1 atom stereocenters. The van der Waals surface area contributed by atoms with E-state index >= 15 is 0 Å². The molecule has 3 aromatic rings. The molecule has 38 heavy (non-hydrogen) atoms. The Morgan fingerprint density at radius 3 is 2.42 bits per heavy atom. The molecule has 0 radical (unpaired) electrons. The first kappa shape index (κ1) is 26.7. The van der Waals surface area contributed by atoms with Crippen molar-refractivity contribution >= 4 is 27.5 Å². The molecule has 0 aliphatic carbocycles. The summed E-state index contributed by atoms with van der Waals surface area (Å²) in [6, 6.07) is 9.17. The minimum atomic E-state index is -4.94. The molecule has 1 aromatic heterocycles. The molecule has 2 heterocycles. The number of amides is 1. The normalized spacial score (nSPS) is 15.0. The molecular formula is C23H21F3N6O5S. The number of rotatable bonds is 8. The lowest BCUT2D eigenvalue weighted by molar-refractivity contribution is -0.274. The number of sulfonamides is 1. The predicted molar refractivity (Wildman–Crippen MR) is 129 cm³/mol. The average molecular weight is 551 g/mol. The molecule has 5 N–H and O–H groups in total. The molecule has 0 saturated heterocycles. The van der Waals surface area contributed by atoms with E-state index in [0.717, 1.165) is 40.6 Å². The van der Waals surface area contributed by atoms with E-state index in [2.05, 4.69) is 19.8 Å². The van der Waals surface area contributed by atoms with Crippen LogP contribution in [0, 0.1) is 5.41 Å². The number of ether oxygens (including phenoxy) is 1. The highest BCUT2D eigenvalue weighted by molar-refractivity contribution is 7.92. The maximum Gasteiger partial charge on any atom is 0.573 e. The van der Waals surface area contributed by atoms with E-state index in [1.807, 2.05) is 0 Å². The number of hydrogen-bond donors (Lipinski definition) is 4. The summed E-state index contributed by atoms with van der Waals surface area (Å²) in [5, 5.41) is 10.2. The summed E-state index contributed by atoms with van der Waals surface area (Å²) in [6.45, 7) is 0.144. The lowest BCUT2D eigenvalue weighted by Crippen LogP contribution is -2.36. The Morgan fingerprint density at radius 2 is 1.82 bits per heavy atom. The summed E-state index contributed by atoms with van der Waals surface area (Å²) in [5.41, 5.74) is 5.48. The van der Waals surface area contributed by atoms with E-state index < -0.39 is 50.2 Å². The predicted octanol–water partition coefficient (Wildman–Crippen LogP) is 2.03. The van der Waals surface area contributed by atoms with Crippen molar-refractivity contribution in [2.45, 2.75) is 36.7 Å². The molecule has 11 nitrogen and oxygen atoms in total. The van der Waals surface area contributed by atoms with Gasteiger partial charge in [0.1, 0.15) is 29.1 Å². The Hall–Kier alpha value is -4.40. The topological polar surface area (TPSA) is 169 Å².